The zero-order valence-electron chi connectivity index (χ0n) is 15.7. The van der Waals surface area contributed by atoms with Gasteiger partial charge in [-0.05, 0) is 27.2 Å². The van der Waals surface area contributed by atoms with Crippen LogP contribution in [0.4, 0.5) is 10.7 Å². The molecule has 10 heteroatoms. The molecule has 2 rings (SSSR count). The maximum absolute atomic E-state index is 12.3. The third-order valence-electron chi connectivity index (χ3n) is 3.91. The van der Waals surface area contributed by atoms with Crippen LogP contribution in [0.1, 0.15) is 34.1 Å². The van der Waals surface area contributed by atoms with Crippen molar-refractivity contribution in [2.45, 2.75) is 50.8 Å². The van der Waals surface area contributed by atoms with Gasteiger partial charge < -0.3 is 14.5 Å². The highest BCUT2D eigenvalue weighted by atomic mass is 35.5. The summed E-state index contributed by atoms with van der Waals surface area (Å²) < 4.78 is 29.1. The van der Waals surface area contributed by atoms with Gasteiger partial charge in [-0.1, -0.05) is 18.5 Å². The molecule has 8 nitrogen and oxygen atoms in total. The first-order valence-corrected chi connectivity index (χ1v) is 10.7. The van der Waals surface area contributed by atoms with E-state index in [0.717, 1.165) is 12.7 Å². The van der Waals surface area contributed by atoms with Gasteiger partial charge in [0.2, 0.25) is 5.95 Å². The van der Waals surface area contributed by atoms with Gasteiger partial charge in [0, 0.05) is 31.9 Å². The van der Waals surface area contributed by atoms with E-state index in [0.29, 0.717) is 25.6 Å². The van der Waals surface area contributed by atoms with Crippen molar-refractivity contribution in [3.8, 4) is 0 Å². The fraction of sp³-hybridized carbons (Fsp3) is 0.688. The minimum Gasteiger partial charge on any atom is -0.444 e. The molecule has 0 radical (unpaired) electrons. The zero-order chi connectivity index (χ0) is 19.7. The van der Waals surface area contributed by atoms with Gasteiger partial charge in [-0.3, -0.25) is 0 Å². The molecule has 0 spiro atoms. The lowest BCUT2D eigenvalue weighted by Crippen LogP contribution is -2.56. The van der Waals surface area contributed by atoms with Gasteiger partial charge in [0.15, 0.2) is 14.9 Å². The van der Waals surface area contributed by atoms with Crippen LogP contribution in [0.15, 0.2) is 11.2 Å². The van der Waals surface area contributed by atoms with Gasteiger partial charge in [0.1, 0.15) is 5.60 Å². The van der Waals surface area contributed by atoms with Crippen molar-refractivity contribution in [2.75, 3.05) is 30.8 Å². The predicted molar refractivity (Wildman–Crippen MR) is 99.4 cm³/mol. The average molecular weight is 405 g/mol. The lowest BCUT2D eigenvalue weighted by molar-refractivity contribution is 0.0212. The Morgan fingerprint density at radius 3 is 2.58 bits per heavy atom. The summed E-state index contributed by atoms with van der Waals surface area (Å²) in [6.45, 7) is 8.83. The van der Waals surface area contributed by atoms with Gasteiger partial charge in [-0.15, -0.1) is 0 Å². The molecule has 1 aromatic heterocycles. The van der Waals surface area contributed by atoms with Crippen LogP contribution in [0.5, 0.6) is 0 Å². The molecule has 0 aliphatic carbocycles. The number of carbonyl (C=O) groups excluding carboxylic acids is 1. The molecule has 1 aliphatic rings. The van der Waals surface area contributed by atoms with Crippen molar-refractivity contribution in [3.63, 3.8) is 0 Å². The number of carbonyl (C=O) groups is 1. The number of amides is 1. The molecule has 26 heavy (non-hydrogen) atoms. The van der Waals surface area contributed by atoms with Gasteiger partial charge in [0.25, 0.3) is 0 Å². The summed E-state index contributed by atoms with van der Waals surface area (Å²) >= 11 is 5.92. The van der Waals surface area contributed by atoms with Crippen molar-refractivity contribution in [3.05, 3.63) is 11.2 Å². The Balaban J connectivity index is 2.22. The minimum atomic E-state index is -3.56. The number of hydrogen-bond acceptors (Lipinski definition) is 7. The number of rotatable bonds is 3. The number of anilines is 1. The van der Waals surface area contributed by atoms with E-state index in [9.17, 15) is 13.2 Å². The van der Waals surface area contributed by atoms with Crippen molar-refractivity contribution in [1.29, 1.82) is 0 Å². The fourth-order valence-corrected chi connectivity index (χ4v) is 3.87. The summed E-state index contributed by atoms with van der Waals surface area (Å²) in [7, 11) is -3.56. The van der Waals surface area contributed by atoms with Crippen molar-refractivity contribution in [1.82, 2.24) is 14.9 Å². The molecule has 1 amide bonds. The van der Waals surface area contributed by atoms with Gasteiger partial charge in [-0.2, -0.15) is 4.98 Å². The quantitative estimate of drug-likeness (QED) is 0.714. The highest BCUT2D eigenvalue weighted by Crippen LogP contribution is 2.25. The summed E-state index contributed by atoms with van der Waals surface area (Å²) in [5.74, 6) is 0.297. The second-order valence-corrected chi connectivity index (χ2v) is 9.62. The van der Waals surface area contributed by atoms with Crippen LogP contribution >= 0.6 is 11.6 Å². The Bertz CT molecular complexity index is 779. The van der Waals surface area contributed by atoms with E-state index in [1.807, 2.05) is 32.6 Å². The zero-order valence-corrected chi connectivity index (χ0v) is 17.3. The Kier molecular flexibility index (Phi) is 6.02. The third-order valence-corrected chi connectivity index (χ3v) is 5.32. The number of nitrogens with zero attached hydrogens (tertiary/aromatic N) is 4. The highest BCUT2D eigenvalue weighted by Gasteiger charge is 2.33. The Hall–Kier alpha value is -1.61. The minimum absolute atomic E-state index is 0.00307. The maximum atomic E-state index is 12.3. The molecule has 0 bridgehead atoms. The second-order valence-electron chi connectivity index (χ2n) is 7.28. The summed E-state index contributed by atoms with van der Waals surface area (Å²) in [5, 5.41) is -0.190. The fourth-order valence-electron chi connectivity index (χ4n) is 2.70. The number of ether oxygens (including phenoxy) is 1. The van der Waals surface area contributed by atoms with Crippen molar-refractivity contribution < 1.29 is 17.9 Å². The standard InChI is InChI=1S/C16H25ClN4O4S/c1-6-11-10-20(15(22)25-16(2,3)4)7-8-21(11)14-18-9-12(17)13(19-14)26(5,23)24/h9,11H,6-8,10H2,1-5H3/t11-/m0/s1. The highest BCUT2D eigenvalue weighted by molar-refractivity contribution is 7.90. The van der Waals surface area contributed by atoms with Gasteiger partial charge >= 0.3 is 6.09 Å². The lowest BCUT2D eigenvalue weighted by Gasteiger charge is -2.41. The van der Waals surface area contributed by atoms with Crippen LogP contribution in [-0.2, 0) is 14.6 Å². The molecule has 0 aromatic carbocycles. The molecule has 1 saturated heterocycles. The van der Waals surface area contributed by atoms with E-state index in [1.54, 1.807) is 4.90 Å². The molecule has 1 aromatic rings. The monoisotopic (exact) mass is 404 g/mol. The molecule has 1 aliphatic heterocycles. The third kappa shape index (κ3) is 4.97. The van der Waals surface area contributed by atoms with Crippen LogP contribution in [0.2, 0.25) is 5.02 Å². The Labute approximate surface area is 159 Å². The second kappa shape index (κ2) is 7.56. The number of piperazine rings is 1. The smallest absolute Gasteiger partial charge is 0.410 e. The number of halogens is 1. The topological polar surface area (TPSA) is 92.7 Å². The van der Waals surface area contributed by atoms with E-state index >= 15 is 0 Å². The van der Waals surface area contributed by atoms with Crippen molar-refractivity contribution in [2.24, 2.45) is 0 Å². The van der Waals surface area contributed by atoms with E-state index in [1.165, 1.54) is 6.20 Å². The van der Waals surface area contributed by atoms with Crippen LogP contribution in [0, 0.1) is 0 Å². The first kappa shape index (κ1) is 20.7. The van der Waals surface area contributed by atoms with Crippen LogP contribution in [0.3, 0.4) is 0 Å². The Morgan fingerprint density at radius 2 is 2.04 bits per heavy atom. The number of sulfone groups is 1. The molecular weight excluding hydrogens is 380 g/mol. The SMILES string of the molecule is CC[C@H]1CN(C(=O)OC(C)(C)C)CCN1c1ncc(Cl)c(S(C)(=O)=O)n1. The van der Waals surface area contributed by atoms with Crippen LogP contribution < -0.4 is 4.90 Å². The van der Waals surface area contributed by atoms with Gasteiger partial charge in [0.05, 0.1) is 11.2 Å². The normalized spacial score (nSPS) is 18.8. The lowest BCUT2D eigenvalue weighted by atomic mass is 10.1. The summed E-state index contributed by atoms with van der Waals surface area (Å²) in [6, 6.07) is -0.0511. The summed E-state index contributed by atoms with van der Waals surface area (Å²) in [4.78, 5) is 24.2. The molecular formula is C16H25ClN4O4S. The molecule has 0 unspecified atom stereocenters. The van der Waals surface area contributed by atoms with E-state index in [-0.39, 0.29) is 22.2 Å². The average Bonchev–Trinajstić information content (AvgIpc) is 2.52. The first-order valence-electron chi connectivity index (χ1n) is 8.39. The summed E-state index contributed by atoms with van der Waals surface area (Å²) in [6.07, 6.45) is 2.74. The largest absolute Gasteiger partial charge is 0.444 e. The molecule has 0 N–H and O–H groups in total. The first-order chi connectivity index (χ1) is 11.9. The Morgan fingerprint density at radius 1 is 1.38 bits per heavy atom. The maximum Gasteiger partial charge on any atom is 0.410 e. The van der Waals surface area contributed by atoms with Gasteiger partial charge in [-0.25, -0.2) is 18.2 Å². The van der Waals surface area contributed by atoms with Crippen LogP contribution in [-0.4, -0.2) is 66.9 Å². The number of hydrogen-bond donors (Lipinski definition) is 0. The molecule has 2 heterocycles. The molecule has 1 atom stereocenters. The van der Waals surface area contributed by atoms with Crippen LogP contribution in [0.25, 0.3) is 0 Å². The summed E-state index contributed by atoms with van der Waals surface area (Å²) in [5.41, 5.74) is -0.556. The predicted octanol–water partition coefficient (Wildman–Crippen LogP) is 2.37. The molecule has 1 fully saturated rings. The van der Waals surface area contributed by atoms with E-state index < -0.39 is 15.4 Å². The van der Waals surface area contributed by atoms with E-state index in [4.69, 9.17) is 16.3 Å². The number of aromatic nitrogens is 2. The molecule has 146 valence electrons. The van der Waals surface area contributed by atoms with E-state index in [2.05, 4.69) is 9.97 Å². The van der Waals surface area contributed by atoms with Crippen molar-refractivity contribution >= 4 is 33.5 Å². The molecule has 0 saturated carbocycles.